The number of nitriles is 2. The molecule has 0 saturated heterocycles. The van der Waals surface area contributed by atoms with Crippen molar-refractivity contribution in [3.63, 3.8) is 0 Å². The van der Waals surface area contributed by atoms with Crippen LogP contribution in [0.2, 0.25) is 0 Å². The largest absolute Gasteiger partial charge is 0.378 e. The molecule has 92 valence electrons. The average Bonchev–Trinajstić information content (AvgIpc) is 2.48. The number of pyridine rings is 1. The highest BCUT2D eigenvalue weighted by molar-refractivity contribution is 5.57. The van der Waals surface area contributed by atoms with Gasteiger partial charge in [0.15, 0.2) is 0 Å². The Bertz CT molecular complexity index is 650. The number of aromatic nitrogens is 1. The summed E-state index contributed by atoms with van der Waals surface area (Å²) in [5.41, 5.74) is 2.71. The van der Waals surface area contributed by atoms with E-state index in [2.05, 4.69) is 10.3 Å². The molecular weight excluding hydrogens is 236 g/mol. The first-order valence-corrected chi connectivity index (χ1v) is 5.85. The van der Waals surface area contributed by atoms with E-state index in [0.717, 1.165) is 11.3 Å². The predicted octanol–water partition coefficient (Wildman–Crippen LogP) is 3.00. The number of nitrogens with one attached hydrogen (secondary N) is 1. The third-order valence-corrected chi connectivity index (χ3v) is 2.85. The van der Waals surface area contributed by atoms with Gasteiger partial charge in [-0.05, 0) is 42.8 Å². The van der Waals surface area contributed by atoms with Crippen LogP contribution >= 0.6 is 0 Å². The van der Waals surface area contributed by atoms with E-state index in [1.807, 2.05) is 31.2 Å². The van der Waals surface area contributed by atoms with Crippen LogP contribution < -0.4 is 5.32 Å². The highest BCUT2D eigenvalue weighted by atomic mass is 14.9. The summed E-state index contributed by atoms with van der Waals surface area (Å²) in [6.07, 6.45) is 3.49. The van der Waals surface area contributed by atoms with Gasteiger partial charge in [0.2, 0.25) is 0 Å². The monoisotopic (exact) mass is 248 g/mol. The van der Waals surface area contributed by atoms with Gasteiger partial charge >= 0.3 is 0 Å². The normalized spacial score (nSPS) is 11.1. The summed E-state index contributed by atoms with van der Waals surface area (Å²) in [5.74, 6) is 0. The summed E-state index contributed by atoms with van der Waals surface area (Å²) >= 11 is 0. The Hall–Kier alpha value is -2.85. The summed E-state index contributed by atoms with van der Waals surface area (Å²) in [6, 6.07) is 13.1. The maximum Gasteiger partial charge on any atom is 0.101 e. The van der Waals surface area contributed by atoms with Gasteiger partial charge in [0.1, 0.15) is 12.1 Å². The molecule has 0 amide bonds. The standard InChI is InChI=1S/C15H12N4/c1-11(12-4-6-18-7-5-12)19-15-3-2-13(9-16)14(8-15)10-17/h2-8,11,19H,1H3. The summed E-state index contributed by atoms with van der Waals surface area (Å²) in [7, 11) is 0. The van der Waals surface area contributed by atoms with Crippen LogP contribution in [0.15, 0.2) is 42.7 Å². The van der Waals surface area contributed by atoms with Crippen LogP contribution in [0.1, 0.15) is 29.7 Å². The molecule has 1 atom stereocenters. The van der Waals surface area contributed by atoms with Crippen LogP contribution in [0.5, 0.6) is 0 Å². The second kappa shape index (κ2) is 5.66. The number of hydrogen-bond acceptors (Lipinski definition) is 4. The van der Waals surface area contributed by atoms with Crippen LogP contribution in [0.3, 0.4) is 0 Å². The molecule has 1 heterocycles. The van der Waals surface area contributed by atoms with Gasteiger partial charge in [0.25, 0.3) is 0 Å². The van der Waals surface area contributed by atoms with Crippen LogP contribution in [0.4, 0.5) is 5.69 Å². The molecule has 0 aliphatic carbocycles. The molecule has 1 aromatic carbocycles. The molecule has 0 saturated carbocycles. The quantitative estimate of drug-likeness (QED) is 0.906. The first kappa shape index (κ1) is 12.6. The maximum absolute atomic E-state index is 8.99. The zero-order valence-corrected chi connectivity index (χ0v) is 10.5. The molecule has 0 fully saturated rings. The lowest BCUT2D eigenvalue weighted by Gasteiger charge is -2.15. The van der Waals surface area contributed by atoms with E-state index in [1.54, 1.807) is 30.6 Å². The summed E-state index contributed by atoms with van der Waals surface area (Å²) in [4.78, 5) is 3.98. The average molecular weight is 248 g/mol. The van der Waals surface area contributed by atoms with Gasteiger partial charge in [-0.2, -0.15) is 10.5 Å². The molecule has 1 aromatic heterocycles. The fraction of sp³-hybridized carbons (Fsp3) is 0.133. The van der Waals surface area contributed by atoms with Gasteiger partial charge in [-0.15, -0.1) is 0 Å². The molecule has 1 N–H and O–H groups in total. The summed E-state index contributed by atoms with van der Waals surface area (Å²) in [5, 5.41) is 21.2. The van der Waals surface area contributed by atoms with E-state index in [4.69, 9.17) is 10.5 Å². The predicted molar refractivity (Wildman–Crippen MR) is 72.1 cm³/mol. The third-order valence-electron chi connectivity index (χ3n) is 2.85. The minimum atomic E-state index is 0.0995. The highest BCUT2D eigenvalue weighted by Crippen LogP contribution is 2.20. The second-order valence-electron chi connectivity index (χ2n) is 4.13. The molecule has 4 nitrogen and oxygen atoms in total. The van der Waals surface area contributed by atoms with Crippen LogP contribution in [-0.4, -0.2) is 4.98 Å². The topological polar surface area (TPSA) is 72.5 Å². The van der Waals surface area contributed by atoms with E-state index in [1.165, 1.54) is 0 Å². The lowest BCUT2D eigenvalue weighted by molar-refractivity contribution is 0.880. The van der Waals surface area contributed by atoms with E-state index >= 15 is 0 Å². The Morgan fingerprint density at radius 2 is 1.74 bits per heavy atom. The number of anilines is 1. The van der Waals surface area contributed by atoms with Gasteiger partial charge in [0, 0.05) is 24.1 Å². The fourth-order valence-corrected chi connectivity index (χ4v) is 1.81. The van der Waals surface area contributed by atoms with Crippen LogP contribution in [0, 0.1) is 22.7 Å². The molecule has 19 heavy (non-hydrogen) atoms. The van der Waals surface area contributed by atoms with Crippen molar-refractivity contribution in [2.75, 3.05) is 5.32 Å². The summed E-state index contributed by atoms with van der Waals surface area (Å²) in [6.45, 7) is 2.03. The van der Waals surface area contributed by atoms with Crippen molar-refractivity contribution >= 4 is 5.69 Å². The van der Waals surface area contributed by atoms with Crippen molar-refractivity contribution in [3.8, 4) is 12.1 Å². The van der Waals surface area contributed by atoms with E-state index in [9.17, 15) is 0 Å². The minimum Gasteiger partial charge on any atom is -0.378 e. The van der Waals surface area contributed by atoms with Gasteiger partial charge in [-0.3, -0.25) is 4.98 Å². The van der Waals surface area contributed by atoms with Crippen molar-refractivity contribution in [2.45, 2.75) is 13.0 Å². The molecular formula is C15H12N4. The molecule has 0 spiro atoms. The van der Waals surface area contributed by atoms with E-state index in [-0.39, 0.29) is 6.04 Å². The first-order chi connectivity index (χ1) is 9.24. The molecule has 0 aliphatic rings. The highest BCUT2D eigenvalue weighted by Gasteiger charge is 2.07. The molecule has 2 rings (SSSR count). The van der Waals surface area contributed by atoms with E-state index < -0.39 is 0 Å². The Balaban J connectivity index is 2.21. The lowest BCUT2D eigenvalue weighted by Crippen LogP contribution is -2.06. The first-order valence-electron chi connectivity index (χ1n) is 5.85. The van der Waals surface area contributed by atoms with E-state index in [0.29, 0.717) is 11.1 Å². The molecule has 0 bridgehead atoms. The summed E-state index contributed by atoms with van der Waals surface area (Å²) < 4.78 is 0. The molecule has 4 heteroatoms. The molecule has 2 aromatic rings. The van der Waals surface area contributed by atoms with Crippen molar-refractivity contribution < 1.29 is 0 Å². The smallest absolute Gasteiger partial charge is 0.101 e. The number of rotatable bonds is 3. The number of nitrogens with zero attached hydrogens (tertiary/aromatic N) is 3. The van der Waals surface area contributed by atoms with Crippen molar-refractivity contribution in [2.24, 2.45) is 0 Å². The van der Waals surface area contributed by atoms with Crippen LogP contribution in [0.25, 0.3) is 0 Å². The minimum absolute atomic E-state index is 0.0995. The molecule has 0 aliphatic heterocycles. The zero-order valence-electron chi connectivity index (χ0n) is 10.5. The van der Waals surface area contributed by atoms with Gasteiger partial charge < -0.3 is 5.32 Å². The molecule has 0 radical (unpaired) electrons. The SMILES string of the molecule is CC(Nc1ccc(C#N)c(C#N)c1)c1ccncc1. The van der Waals surface area contributed by atoms with Gasteiger partial charge in [-0.25, -0.2) is 0 Å². The lowest BCUT2D eigenvalue weighted by atomic mass is 10.1. The second-order valence-corrected chi connectivity index (χ2v) is 4.13. The van der Waals surface area contributed by atoms with Gasteiger partial charge in [-0.1, -0.05) is 0 Å². The third kappa shape index (κ3) is 2.88. The van der Waals surface area contributed by atoms with Crippen LogP contribution in [-0.2, 0) is 0 Å². The van der Waals surface area contributed by atoms with Crippen molar-refractivity contribution in [3.05, 3.63) is 59.4 Å². The Morgan fingerprint density at radius 1 is 1.05 bits per heavy atom. The number of benzene rings is 1. The van der Waals surface area contributed by atoms with Crippen molar-refractivity contribution in [1.82, 2.24) is 4.98 Å². The van der Waals surface area contributed by atoms with Crippen molar-refractivity contribution in [1.29, 1.82) is 10.5 Å². The Morgan fingerprint density at radius 3 is 2.37 bits per heavy atom. The number of hydrogen-bond donors (Lipinski definition) is 1. The maximum atomic E-state index is 8.99. The Kier molecular flexibility index (Phi) is 3.75. The molecule has 1 unspecified atom stereocenters. The van der Waals surface area contributed by atoms with Gasteiger partial charge in [0.05, 0.1) is 11.1 Å². The zero-order chi connectivity index (χ0) is 13.7. The Labute approximate surface area is 112 Å². The fourth-order valence-electron chi connectivity index (χ4n) is 1.81.